The second-order valence-electron chi connectivity index (χ2n) is 7.39. The molecule has 2 amide bonds. The average Bonchev–Trinajstić information content (AvgIpc) is 2.82. The van der Waals surface area contributed by atoms with Crippen LogP contribution < -0.4 is 0 Å². The first-order valence-corrected chi connectivity index (χ1v) is 10.1. The number of carbonyl (C=O) groups is 2. The lowest BCUT2D eigenvalue weighted by molar-refractivity contribution is -0.132. The molecular formula is C24H24N4O2. The lowest BCUT2D eigenvalue weighted by Gasteiger charge is -2.30. The summed E-state index contributed by atoms with van der Waals surface area (Å²) in [5, 5.41) is 0. The molecule has 0 radical (unpaired) electrons. The third-order valence-corrected chi connectivity index (χ3v) is 5.36. The van der Waals surface area contributed by atoms with Gasteiger partial charge in [0.1, 0.15) is 5.69 Å². The molecule has 0 N–H and O–H groups in total. The molecule has 0 fully saturated rings. The molecule has 0 aliphatic carbocycles. The van der Waals surface area contributed by atoms with E-state index < -0.39 is 0 Å². The van der Waals surface area contributed by atoms with Crippen molar-refractivity contribution in [1.82, 2.24) is 19.8 Å². The van der Waals surface area contributed by atoms with Crippen LogP contribution in [0.5, 0.6) is 0 Å². The summed E-state index contributed by atoms with van der Waals surface area (Å²) in [4.78, 5) is 37.6. The molecule has 4 rings (SSSR count). The third-order valence-electron chi connectivity index (χ3n) is 5.36. The van der Waals surface area contributed by atoms with Crippen molar-refractivity contribution in [3.63, 3.8) is 0 Å². The van der Waals surface area contributed by atoms with E-state index in [-0.39, 0.29) is 23.9 Å². The van der Waals surface area contributed by atoms with Crippen LogP contribution in [0.1, 0.15) is 33.6 Å². The fraction of sp³-hybridized carbons (Fsp3) is 0.250. The van der Waals surface area contributed by atoms with Gasteiger partial charge in [0.05, 0.1) is 6.20 Å². The fourth-order valence-electron chi connectivity index (χ4n) is 3.73. The molecule has 30 heavy (non-hydrogen) atoms. The highest BCUT2D eigenvalue weighted by atomic mass is 16.2. The molecule has 0 saturated heterocycles. The zero-order valence-electron chi connectivity index (χ0n) is 16.8. The van der Waals surface area contributed by atoms with Crippen molar-refractivity contribution >= 4 is 11.8 Å². The molecule has 2 heterocycles. The Bertz CT molecular complexity index is 1010. The van der Waals surface area contributed by atoms with Crippen molar-refractivity contribution in [1.29, 1.82) is 0 Å². The molecule has 0 bridgehead atoms. The molecule has 3 aromatic rings. The Morgan fingerprint density at radius 3 is 2.50 bits per heavy atom. The highest BCUT2D eigenvalue weighted by Gasteiger charge is 2.23. The second-order valence-corrected chi connectivity index (χ2v) is 7.39. The smallest absolute Gasteiger partial charge is 0.274 e. The Morgan fingerprint density at radius 1 is 0.967 bits per heavy atom. The molecule has 1 aromatic heterocycles. The highest BCUT2D eigenvalue weighted by Crippen LogP contribution is 2.19. The van der Waals surface area contributed by atoms with Gasteiger partial charge in [-0.05, 0) is 23.1 Å². The van der Waals surface area contributed by atoms with Gasteiger partial charge >= 0.3 is 0 Å². The average molecular weight is 400 g/mol. The van der Waals surface area contributed by atoms with Crippen molar-refractivity contribution in [2.24, 2.45) is 0 Å². The van der Waals surface area contributed by atoms with Crippen LogP contribution in [0, 0.1) is 0 Å². The van der Waals surface area contributed by atoms with Crippen molar-refractivity contribution in [3.8, 4) is 0 Å². The number of aromatic nitrogens is 2. The molecule has 0 unspecified atom stereocenters. The summed E-state index contributed by atoms with van der Waals surface area (Å²) in [7, 11) is 0. The third kappa shape index (κ3) is 4.71. The Kier molecular flexibility index (Phi) is 6.13. The van der Waals surface area contributed by atoms with Gasteiger partial charge in [-0.1, -0.05) is 54.6 Å². The number of fused-ring (bicyclic) bond motifs is 1. The van der Waals surface area contributed by atoms with E-state index in [0.717, 1.165) is 12.0 Å². The Balaban J connectivity index is 1.44. The molecule has 6 heteroatoms. The summed E-state index contributed by atoms with van der Waals surface area (Å²) in [6.45, 7) is 2.10. The van der Waals surface area contributed by atoms with E-state index in [1.165, 1.54) is 29.7 Å². The van der Waals surface area contributed by atoms with Crippen LogP contribution in [0.3, 0.4) is 0 Å². The molecule has 2 aromatic carbocycles. The fourth-order valence-corrected chi connectivity index (χ4v) is 3.73. The summed E-state index contributed by atoms with van der Waals surface area (Å²) < 4.78 is 0. The zero-order valence-corrected chi connectivity index (χ0v) is 16.8. The molecule has 0 atom stereocenters. The van der Waals surface area contributed by atoms with Crippen LogP contribution in [-0.4, -0.2) is 44.7 Å². The highest BCUT2D eigenvalue weighted by molar-refractivity contribution is 5.92. The van der Waals surface area contributed by atoms with Gasteiger partial charge in [-0.25, -0.2) is 4.98 Å². The van der Waals surface area contributed by atoms with Gasteiger partial charge in [-0.2, -0.15) is 0 Å². The summed E-state index contributed by atoms with van der Waals surface area (Å²) >= 11 is 0. The molecule has 0 spiro atoms. The van der Waals surface area contributed by atoms with Crippen LogP contribution in [0.25, 0.3) is 0 Å². The molecule has 152 valence electrons. The number of hydrogen-bond acceptors (Lipinski definition) is 4. The number of amides is 2. The number of nitrogens with zero attached hydrogens (tertiary/aromatic N) is 4. The number of hydrogen-bond donors (Lipinski definition) is 0. The standard InChI is InChI=1S/C24H24N4O2/c29-23(27-14-10-20-8-4-5-9-21(20)18-27)11-15-28(17-19-6-2-1-3-7-19)24(30)22-16-25-12-13-26-22/h1-9,12-13,16H,10-11,14-15,17-18H2. The normalized spacial score (nSPS) is 12.9. The summed E-state index contributed by atoms with van der Waals surface area (Å²) in [5.74, 6) is -0.154. The monoisotopic (exact) mass is 400 g/mol. The van der Waals surface area contributed by atoms with E-state index in [1.54, 1.807) is 4.90 Å². The SMILES string of the molecule is O=C(CCN(Cc1ccccc1)C(=O)c1cnccn1)N1CCc2ccccc2C1. The van der Waals surface area contributed by atoms with Gasteiger partial charge < -0.3 is 9.80 Å². The summed E-state index contributed by atoms with van der Waals surface area (Å²) in [5.41, 5.74) is 3.81. The minimum absolute atomic E-state index is 0.0644. The second kappa shape index (κ2) is 9.31. The van der Waals surface area contributed by atoms with Crippen LogP contribution in [0.4, 0.5) is 0 Å². The van der Waals surface area contributed by atoms with Gasteiger partial charge in [-0.3, -0.25) is 14.6 Å². The van der Waals surface area contributed by atoms with Crippen LogP contribution in [-0.2, 0) is 24.3 Å². The lowest BCUT2D eigenvalue weighted by atomic mass is 10.00. The number of rotatable bonds is 6. The van der Waals surface area contributed by atoms with Crippen LogP contribution >= 0.6 is 0 Å². The van der Waals surface area contributed by atoms with Crippen molar-refractivity contribution in [2.75, 3.05) is 13.1 Å². The summed E-state index contributed by atoms with van der Waals surface area (Å²) in [6, 6.07) is 18.0. The first-order chi connectivity index (χ1) is 14.7. The minimum Gasteiger partial charge on any atom is -0.338 e. The Labute approximate surface area is 176 Å². The Morgan fingerprint density at radius 2 is 1.73 bits per heavy atom. The maximum Gasteiger partial charge on any atom is 0.274 e. The predicted molar refractivity (Wildman–Crippen MR) is 113 cm³/mol. The largest absolute Gasteiger partial charge is 0.338 e. The first kappa shape index (κ1) is 19.8. The molecule has 6 nitrogen and oxygen atoms in total. The lowest BCUT2D eigenvalue weighted by Crippen LogP contribution is -2.39. The minimum atomic E-state index is -0.219. The van der Waals surface area contributed by atoms with Crippen LogP contribution in [0.2, 0.25) is 0 Å². The topological polar surface area (TPSA) is 66.4 Å². The van der Waals surface area contributed by atoms with E-state index in [1.807, 2.05) is 47.4 Å². The van der Waals surface area contributed by atoms with Gasteiger partial charge in [0.15, 0.2) is 0 Å². The quantitative estimate of drug-likeness (QED) is 0.638. The van der Waals surface area contributed by atoms with Gasteiger partial charge in [-0.15, -0.1) is 0 Å². The zero-order chi connectivity index (χ0) is 20.8. The molecule has 1 aliphatic heterocycles. The molecular weight excluding hydrogens is 376 g/mol. The first-order valence-electron chi connectivity index (χ1n) is 10.1. The van der Waals surface area contributed by atoms with E-state index in [9.17, 15) is 9.59 Å². The molecule has 0 saturated carbocycles. The maximum atomic E-state index is 13.0. The molecule has 1 aliphatic rings. The maximum absolute atomic E-state index is 13.0. The van der Waals surface area contributed by atoms with Crippen LogP contribution in [0.15, 0.2) is 73.2 Å². The van der Waals surface area contributed by atoms with Gasteiger partial charge in [0.2, 0.25) is 5.91 Å². The number of benzene rings is 2. The predicted octanol–water partition coefficient (Wildman–Crippen LogP) is 3.09. The van der Waals surface area contributed by atoms with Crippen molar-refractivity contribution in [2.45, 2.75) is 25.9 Å². The van der Waals surface area contributed by atoms with E-state index >= 15 is 0 Å². The van der Waals surface area contributed by atoms with Crippen molar-refractivity contribution < 1.29 is 9.59 Å². The van der Waals surface area contributed by atoms with Crippen molar-refractivity contribution in [3.05, 3.63) is 95.6 Å². The van der Waals surface area contributed by atoms with Gasteiger partial charge in [0, 0.05) is 45.0 Å². The number of carbonyl (C=O) groups excluding carboxylic acids is 2. The summed E-state index contributed by atoms with van der Waals surface area (Å²) in [6.07, 6.45) is 5.65. The van der Waals surface area contributed by atoms with E-state index in [0.29, 0.717) is 26.2 Å². The Hall–Kier alpha value is -3.54. The van der Waals surface area contributed by atoms with E-state index in [4.69, 9.17) is 0 Å². The van der Waals surface area contributed by atoms with Gasteiger partial charge in [0.25, 0.3) is 5.91 Å². The van der Waals surface area contributed by atoms with E-state index in [2.05, 4.69) is 22.1 Å².